The minimum absolute atomic E-state index is 0.000602. The molecule has 0 saturated carbocycles. The largest absolute Gasteiger partial charge is 0.480 e. The molecule has 1 aromatic carbocycles. The molecule has 1 saturated heterocycles. The van der Waals surface area contributed by atoms with E-state index in [9.17, 15) is 14.4 Å². The van der Waals surface area contributed by atoms with Crippen molar-refractivity contribution in [3.63, 3.8) is 0 Å². The van der Waals surface area contributed by atoms with Crippen LogP contribution in [0.3, 0.4) is 0 Å². The van der Waals surface area contributed by atoms with Crippen LogP contribution in [-0.4, -0.2) is 34.5 Å². The van der Waals surface area contributed by atoms with Gasteiger partial charge in [0.1, 0.15) is 12.2 Å². The first kappa shape index (κ1) is 13.1. The second-order valence-corrected chi connectivity index (χ2v) is 4.20. The van der Waals surface area contributed by atoms with Crippen LogP contribution in [0.4, 0.5) is 4.79 Å². The molecule has 0 radical (unpaired) electrons. The number of carboxylic acid groups (broad SMARTS) is 1. The normalized spacial score (nSPS) is 16.9. The second-order valence-electron chi connectivity index (χ2n) is 3.79. The zero-order chi connectivity index (χ0) is 14.0. The third kappa shape index (κ3) is 2.74. The highest BCUT2D eigenvalue weighted by Gasteiger charge is 2.34. The summed E-state index contributed by atoms with van der Waals surface area (Å²) < 4.78 is 0. The zero-order valence-corrected chi connectivity index (χ0v) is 10.3. The Morgan fingerprint density at radius 3 is 2.68 bits per heavy atom. The van der Waals surface area contributed by atoms with E-state index in [4.69, 9.17) is 16.7 Å². The Balaban J connectivity index is 2.28. The number of aliphatic carboxylic acids is 1. The molecule has 0 spiro atoms. The van der Waals surface area contributed by atoms with E-state index < -0.39 is 24.5 Å². The Labute approximate surface area is 113 Å². The van der Waals surface area contributed by atoms with E-state index in [-0.39, 0.29) is 5.70 Å². The number of halogens is 1. The molecule has 98 valence electrons. The predicted molar refractivity (Wildman–Crippen MR) is 67.3 cm³/mol. The number of hydrogen-bond acceptors (Lipinski definition) is 3. The van der Waals surface area contributed by atoms with Gasteiger partial charge >= 0.3 is 12.0 Å². The molecule has 0 bridgehead atoms. The number of hydrogen-bond donors (Lipinski definition) is 2. The molecule has 1 aliphatic rings. The molecule has 0 aliphatic carbocycles. The fourth-order valence-corrected chi connectivity index (χ4v) is 1.79. The van der Waals surface area contributed by atoms with Crippen LogP contribution < -0.4 is 5.32 Å². The van der Waals surface area contributed by atoms with E-state index in [1.54, 1.807) is 24.3 Å². The molecule has 1 aromatic rings. The van der Waals surface area contributed by atoms with Gasteiger partial charge in [0.15, 0.2) is 0 Å². The minimum Gasteiger partial charge on any atom is -0.480 e. The van der Waals surface area contributed by atoms with Crippen molar-refractivity contribution in [2.45, 2.75) is 0 Å². The van der Waals surface area contributed by atoms with Gasteiger partial charge in [-0.25, -0.2) is 9.69 Å². The Morgan fingerprint density at radius 2 is 2.05 bits per heavy atom. The van der Waals surface area contributed by atoms with E-state index in [0.29, 0.717) is 15.5 Å². The van der Waals surface area contributed by atoms with Gasteiger partial charge in [-0.3, -0.25) is 9.59 Å². The quantitative estimate of drug-likeness (QED) is 0.646. The molecule has 7 heteroatoms. The third-order valence-electron chi connectivity index (χ3n) is 2.46. The summed E-state index contributed by atoms with van der Waals surface area (Å²) in [7, 11) is 0. The van der Waals surface area contributed by atoms with Crippen molar-refractivity contribution in [3.8, 4) is 0 Å². The third-order valence-corrected chi connectivity index (χ3v) is 2.80. The van der Waals surface area contributed by atoms with Crippen LogP contribution in [-0.2, 0) is 9.59 Å². The van der Waals surface area contributed by atoms with Crippen molar-refractivity contribution in [1.29, 1.82) is 0 Å². The fraction of sp³-hybridized carbons (Fsp3) is 0.0833. The second kappa shape index (κ2) is 5.11. The minimum atomic E-state index is -1.26. The monoisotopic (exact) mass is 280 g/mol. The Hall–Kier alpha value is -2.34. The lowest BCUT2D eigenvalue weighted by molar-refractivity contribution is -0.140. The average molecular weight is 281 g/mol. The molecule has 0 unspecified atom stereocenters. The number of carbonyl (C=O) groups excluding carboxylic acids is 2. The van der Waals surface area contributed by atoms with E-state index in [2.05, 4.69) is 5.32 Å². The summed E-state index contributed by atoms with van der Waals surface area (Å²) in [5, 5.41) is 11.4. The van der Waals surface area contributed by atoms with Gasteiger partial charge in [0, 0.05) is 5.02 Å². The van der Waals surface area contributed by atoms with Crippen molar-refractivity contribution >= 4 is 35.6 Å². The molecule has 2 rings (SSSR count). The van der Waals surface area contributed by atoms with E-state index in [1.165, 1.54) is 6.08 Å². The Kier molecular flexibility index (Phi) is 3.52. The SMILES string of the molecule is O=C(O)CN1C(=O)N/C(=C\c2ccccc2Cl)C1=O. The summed E-state index contributed by atoms with van der Waals surface area (Å²) in [5.41, 5.74) is 0.560. The van der Waals surface area contributed by atoms with Crippen LogP contribution in [0.2, 0.25) is 5.02 Å². The van der Waals surface area contributed by atoms with Gasteiger partial charge in [-0.2, -0.15) is 0 Å². The smallest absolute Gasteiger partial charge is 0.329 e. The van der Waals surface area contributed by atoms with E-state index in [1.807, 2.05) is 0 Å². The predicted octanol–water partition coefficient (Wildman–Crippen LogP) is 1.32. The van der Waals surface area contributed by atoms with Crippen molar-refractivity contribution in [3.05, 3.63) is 40.5 Å². The van der Waals surface area contributed by atoms with Gasteiger partial charge in [0.2, 0.25) is 0 Å². The van der Waals surface area contributed by atoms with E-state index in [0.717, 1.165) is 0 Å². The molecular formula is C12H9ClN2O4. The highest BCUT2D eigenvalue weighted by Crippen LogP contribution is 2.20. The van der Waals surface area contributed by atoms with Crippen molar-refractivity contribution < 1.29 is 19.5 Å². The molecule has 0 aromatic heterocycles. The topological polar surface area (TPSA) is 86.7 Å². The van der Waals surface area contributed by atoms with Gasteiger partial charge in [0.05, 0.1) is 0 Å². The molecule has 6 nitrogen and oxygen atoms in total. The fourth-order valence-electron chi connectivity index (χ4n) is 1.60. The average Bonchev–Trinajstić information content (AvgIpc) is 2.60. The van der Waals surface area contributed by atoms with Crippen molar-refractivity contribution in [2.24, 2.45) is 0 Å². The zero-order valence-electron chi connectivity index (χ0n) is 9.59. The summed E-state index contributed by atoms with van der Waals surface area (Å²) in [6, 6.07) is 6.02. The summed E-state index contributed by atoms with van der Waals surface area (Å²) in [6.07, 6.45) is 1.41. The number of imide groups is 1. The first-order chi connectivity index (χ1) is 8.99. The lowest BCUT2D eigenvalue weighted by Crippen LogP contribution is -2.35. The summed E-state index contributed by atoms with van der Waals surface area (Å²) in [6.45, 7) is -0.676. The molecule has 1 fully saturated rings. The number of rotatable bonds is 3. The highest BCUT2D eigenvalue weighted by atomic mass is 35.5. The van der Waals surface area contributed by atoms with Crippen LogP contribution in [0.1, 0.15) is 5.56 Å². The van der Waals surface area contributed by atoms with Gasteiger partial charge in [-0.05, 0) is 17.7 Å². The van der Waals surface area contributed by atoms with Gasteiger partial charge in [0.25, 0.3) is 5.91 Å². The Morgan fingerprint density at radius 1 is 1.37 bits per heavy atom. The van der Waals surface area contributed by atoms with Crippen LogP contribution in [0.5, 0.6) is 0 Å². The standard InChI is InChI=1S/C12H9ClN2O4/c13-8-4-2-1-3-7(8)5-9-11(18)15(6-10(16)17)12(19)14-9/h1-5H,6H2,(H,14,19)(H,16,17)/b9-5-. The number of carbonyl (C=O) groups is 3. The molecule has 1 aliphatic heterocycles. The number of nitrogens with zero attached hydrogens (tertiary/aromatic N) is 1. The Bertz CT molecular complexity index is 597. The maximum absolute atomic E-state index is 11.8. The molecular weight excluding hydrogens is 272 g/mol. The van der Waals surface area contributed by atoms with E-state index >= 15 is 0 Å². The first-order valence-electron chi connectivity index (χ1n) is 5.30. The number of benzene rings is 1. The number of amides is 3. The van der Waals surface area contributed by atoms with Crippen LogP contribution in [0.15, 0.2) is 30.0 Å². The number of urea groups is 1. The van der Waals surface area contributed by atoms with Gasteiger partial charge < -0.3 is 10.4 Å². The van der Waals surface area contributed by atoms with Crippen LogP contribution >= 0.6 is 11.6 Å². The highest BCUT2D eigenvalue weighted by molar-refractivity contribution is 6.32. The summed E-state index contributed by atoms with van der Waals surface area (Å²) >= 11 is 5.93. The molecule has 0 atom stereocenters. The summed E-state index contributed by atoms with van der Waals surface area (Å²) in [4.78, 5) is 34.5. The molecule has 19 heavy (non-hydrogen) atoms. The lowest BCUT2D eigenvalue weighted by atomic mass is 10.2. The maximum atomic E-state index is 11.8. The van der Waals surface area contributed by atoms with Crippen LogP contribution in [0.25, 0.3) is 6.08 Å². The lowest BCUT2D eigenvalue weighted by Gasteiger charge is -2.06. The van der Waals surface area contributed by atoms with Gasteiger partial charge in [-0.15, -0.1) is 0 Å². The van der Waals surface area contributed by atoms with Crippen molar-refractivity contribution in [1.82, 2.24) is 10.2 Å². The molecule has 2 N–H and O–H groups in total. The maximum Gasteiger partial charge on any atom is 0.329 e. The van der Waals surface area contributed by atoms with Crippen LogP contribution in [0, 0.1) is 0 Å². The number of carboxylic acids is 1. The summed E-state index contributed by atoms with van der Waals surface area (Å²) in [5.74, 6) is -1.95. The van der Waals surface area contributed by atoms with Gasteiger partial charge in [-0.1, -0.05) is 29.8 Å². The number of nitrogens with one attached hydrogen (secondary N) is 1. The van der Waals surface area contributed by atoms with Crippen molar-refractivity contribution in [2.75, 3.05) is 6.54 Å². The molecule has 3 amide bonds. The molecule has 1 heterocycles. The first-order valence-corrected chi connectivity index (χ1v) is 5.67.